The summed E-state index contributed by atoms with van der Waals surface area (Å²) in [4.78, 5) is 28.2. The number of nitrogens with one attached hydrogen (secondary N) is 1. The zero-order valence-electron chi connectivity index (χ0n) is 15.7. The second kappa shape index (κ2) is 8.46. The quantitative estimate of drug-likeness (QED) is 0.880. The Bertz CT molecular complexity index is 773. The second-order valence-electron chi connectivity index (χ2n) is 7.53. The Kier molecular flexibility index (Phi) is 5.61. The van der Waals surface area contributed by atoms with Crippen molar-refractivity contribution in [1.29, 1.82) is 0 Å². The van der Waals surface area contributed by atoms with Crippen molar-refractivity contribution in [2.24, 2.45) is 5.92 Å². The summed E-state index contributed by atoms with van der Waals surface area (Å²) in [5.41, 5.74) is 3.46. The third kappa shape index (κ3) is 4.43. The van der Waals surface area contributed by atoms with Crippen molar-refractivity contribution in [3.8, 4) is 0 Å². The molecule has 1 fully saturated rings. The van der Waals surface area contributed by atoms with Crippen molar-refractivity contribution in [2.45, 2.75) is 44.9 Å². The Morgan fingerprint density at radius 2 is 2.00 bits per heavy atom. The van der Waals surface area contributed by atoms with Gasteiger partial charge in [-0.15, -0.1) is 0 Å². The Balaban J connectivity index is 1.31. The molecule has 0 saturated carbocycles. The van der Waals surface area contributed by atoms with Gasteiger partial charge in [-0.3, -0.25) is 9.78 Å². The summed E-state index contributed by atoms with van der Waals surface area (Å²) in [5.74, 6) is 1.04. The van der Waals surface area contributed by atoms with E-state index < -0.39 is 0 Å². The molecule has 1 atom stereocenters. The van der Waals surface area contributed by atoms with Crippen LogP contribution in [0.1, 0.15) is 42.5 Å². The molecule has 0 aromatic carbocycles. The van der Waals surface area contributed by atoms with Crippen molar-refractivity contribution in [3.05, 3.63) is 47.5 Å². The van der Waals surface area contributed by atoms with Crippen LogP contribution in [-0.2, 0) is 24.1 Å². The lowest BCUT2D eigenvalue weighted by Crippen LogP contribution is -2.36. The smallest absolute Gasteiger partial charge is 0.225 e. The fourth-order valence-corrected chi connectivity index (χ4v) is 3.99. The van der Waals surface area contributed by atoms with E-state index in [2.05, 4.69) is 20.2 Å². The molecule has 6 heteroatoms. The van der Waals surface area contributed by atoms with E-state index in [0.717, 1.165) is 56.0 Å². The van der Waals surface area contributed by atoms with Crippen molar-refractivity contribution < 1.29 is 4.79 Å². The highest BCUT2D eigenvalue weighted by Gasteiger charge is 2.26. The summed E-state index contributed by atoms with van der Waals surface area (Å²) in [5, 5.41) is 3.09. The zero-order chi connectivity index (χ0) is 18.5. The molecule has 1 unspecified atom stereocenters. The summed E-state index contributed by atoms with van der Waals surface area (Å²) >= 11 is 0. The number of carbonyl (C=O) groups is 1. The lowest BCUT2D eigenvalue weighted by Gasteiger charge is -2.28. The molecule has 27 heavy (non-hydrogen) atoms. The molecule has 2 aromatic heterocycles. The van der Waals surface area contributed by atoms with Gasteiger partial charge in [0, 0.05) is 49.8 Å². The molecular weight excluding hydrogens is 338 g/mol. The molecule has 4 rings (SSSR count). The molecule has 2 aromatic rings. The van der Waals surface area contributed by atoms with Crippen LogP contribution >= 0.6 is 0 Å². The van der Waals surface area contributed by atoms with Crippen LogP contribution in [0.2, 0.25) is 0 Å². The van der Waals surface area contributed by atoms with Gasteiger partial charge in [-0.25, -0.2) is 9.97 Å². The molecule has 1 amide bonds. The van der Waals surface area contributed by atoms with E-state index in [1.54, 1.807) is 12.4 Å². The number of fused-ring (bicyclic) bond motifs is 1. The maximum absolute atomic E-state index is 12.5. The number of nitrogens with zero attached hydrogens (tertiary/aromatic N) is 4. The molecule has 6 nitrogen and oxygen atoms in total. The van der Waals surface area contributed by atoms with Gasteiger partial charge in [0.05, 0.1) is 0 Å². The van der Waals surface area contributed by atoms with Gasteiger partial charge in [0.15, 0.2) is 0 Å². The minimum Gasteiger partial charge on any atom is -0.356 e. The number of piperidine rings is 1. The predicted molar refractivity (Wildman–Crippen MR) is 105 cm³/mol. The number of hydrogen-bond donors (Lipinski definition) is 1. The third-order valence-electron chi connectivity index (χ3n) is 5.61. The standard InChI is InChI=1S/C21H27N5O/c27-20(23-11-8-16-6-9-22-10-7-16)17-4-5-19-18(14-17)15-24-21(25-19)26-12-2-1-3-13-26/h6-7,9-10,15,17H,1-5,8,11-14H2,(H,23,27). The number of rotatable bonds is 5. The number of amides is 1. The summed E-state index contributed by atoms with van der Waals surface area (Å²) in [6.45, 7) is 2.78. The Morgan fingerprint density at radius 1 is 1.19 bits per heavy atom. The van der Waals surface area contributed by atoms with Crippen LogP contribution < -0.4 is 10.2 Å². The SMILES string of the molecule is O=C(NCCc1ccncc1)C1CCc2nc(N3CCCCC3)ncc2C1. The van der Waals surface area contributed by atoms with Gasteiger partial charge < -0.3 is 10.2 Å². The molecule has 0 radical (unpaired) electrons. The third-order valence-corrected chi connectivity index (χ3v) is 5.61. The molecular formula is C21H27N5O. The van der Waals surface area contributed by atoms with E-state index >= 15 is 0 Å². The van der Waals surface area contributed by atoms with Gasteiger partial charge in [0.25, 0.3) is 0 Å². The molecule has 142 valence electrons. The first-order valence-electron chi connectivity index (χ1n) is 10.1. The lowest BCUT2D eigenvalue weighted by molar-refractivity contribution is -0.125. The van der Waals surface area contributed by atoms with Crippen LogP contribution in [0.25, 0.3) is 0 Å². The summed E-state index contributed by atoms with van der Waals surface area (Å²) < 4.78 is 0. The first-order chi connectivity index (χ1) is 13.3. The molecule has 0 spiro atoms. The highest BCUT2D eigenvalue weighted by atomic mass is 16.1. The van der Waals surface area contributed by atoms with Gasteiger partial charge in [-0.05, 0) is 68.2 Å². The highest BCUT2D eigenvalue weighted by molar-refractivity contribution is 5.79. The Labute approximate surface area is 160 Å². The number of pyridine rings is 1. The second-order valence-corrected chi connectivity index (χ2v) is 7.53. The average Bonchev–Trinajstić information content (AvgIpc) is 2.74. The van der Waals surface area contributed by atoms with Crippen molar-refractivity contribution in [2.75, 3.05) is 24.5 Å². The normalized spacial score (nSPS) is 19.4. The van der Waals surface area contributed by atoms with E-state index in [1.807, 2.05) is 18.3 Å². The first kappa shape index (κ1) is 17.9. The van der Waals surface area contributed by atoms with Crippen LogP contribution in [0, 0.1) is 5.92 Å². The van der Waals surface area contributed by atoms with E-state index in [9.17, 15) is 4.79 Å². The van der Waals surface area contributed by atoms with Crippen molar-refractivity contribution in [1.82, 2.24) is 20.3 Å². The number of anilines is 1. The molecule has 1 saturated heterocycles. The van der Waals surface area contributed by atoms with Crippen LogP contribution in [0.15, 0.2) is 30.7 Å². The molecule has 1 aliphatic heterocycles. The van der Waals surface area contributed by atoms with E-state index in [0.29, 0.717) is 6.54 Å². The molecule has 3 heterocycles. The van der Waals surface area contributed by atoms with Gasteiger partial charge in [-0.1, -0.05) is 0 Å². The number of aromatic nitrogens is 3. The first-order valence-corrected chi connectivity index (χ1v) is 10.1. The molecule has 1 N–H and O–H groups in total. The van der Waals surface area contributed by atoms with Crippen LogP contribution in [0.4, 0.5) is 5.95 Å². The van der Waals surface area contributed by atoms with E-state index in [4.69, 9.17) is 4.98 Å². The van der Waals surface area contributed by atoms with Gasteiger partial charge in [0.1, 0.15) is 0 Å². The summed E-state index contributed by atoms with van der Waals surface area (Å²) in [7, 11) is 0. The van der Waals surface area contributed by atoms with E-state index in [-0.39, 0.29) is 11.8 Å². The summed E-state index contributed by atoms with van der Waals surface area (Å²) in [6.07, 6.45) is 12.6. The molecule has 0 bridgehead atoms. The van der Waals surface area contributed by atoms with Crippen LogP contribution in [0.5, 0.6) is 0 Å². The fourth-order valence-electron chi connectivity index (χ4n) is 3.99. The minimum absolute atomic E-state index is 0.0272. The number of carbonyl (C=O) groups excluding carboxylic acids is 1. The number of aryl methyl sites for hydroxylation is 1. The van der Waals surface area contributed by atoms with Crippen molar-refractivity contribution >= 4 is 11.9 Å². The monoisotopic (exact) mass is 365 g/mol. The average molecular weight is 365 g/mol. The maximum Gasteiger partial charge on any atom is 0.225 e. The van der Waals surface area contributed by atoms with Gasteiger partial charge in [-0.2, -0.15) is 0 Å². The highest BCUT2D eigenvalue weighted by Crippen LogP contribution is 2.26. The molecule has 2 aliphatic rings. The van der Waals surface area contributed by atoms with Gasteiger partial charge in [0.2, 0.25) is 11.9 Å². The Morgan fingerprint density at radius 3 is 2.81 bits per heavy atom. The van der Waals surface area contributed by atoms with E-state index in [1.165, 1.54) is 24.8 Å². The number of hydrogen-bond acceptors (Lipinski definition) is 5. The topological polar surface area (TPSA) is 71.0 Å². The van der Waals surface area contributed by atoms with Gasteiger partial charge >= 0.3 is 0 Å². The maximum atomic E-state index is 12.5. The van der Waals surface area contributed by atoms with Crippen molar-refractivity contribution in [3.63, 3.8) is 0 Å². The zero-order valence-corrected chi connectivity index (χ0v) is 15.7. The predicted octanol–water partition coefficient (Wildman–Crippen LogP) is 2.33. The Hall–Kier alpha value is -2.50. The summed E-state index contributed by atoms with van der Waals surface area (Å²) in [6, 6.07) is 3.97. The van der Waals surface area contributed by atoms with Crippen LogP contribution in [-0.4, -0.2) is 40.5 Å². The molecule has 1 aliphatic carbocycles. The lowest BCUT2D eigenvalue weighted by atomic mass is 9.86. The fraction of sp³-hybridized carbons (Fsp3) is 0.524. The van der Waals surface area contributed by atoms with Crippen LogP contribution in [0.3, 0.4) is 0 Å². The minimum atomic E-state index is 0.0272. The largest absolute Gasteiger partial charge is 0.356 e.